The Labute approximate surface area is 132 Å². The summed E-state index contributed by atoms with van der Waals surface area (Å²) in [6.07, 6.45) is 2.42. The summed E-state index contributed by atoms with van der Waals surface area (Å²) >= 11 is 0. The van der Waals surface area contributed by atoms with E-state index in [1.165, 1.54) is 12.8 Å². The number of methoxy groups -OCH3 is 2. The van der Waals surface area contributed by atoms with E-state index in [1.807, 2.05) is 18.2 Å². The number of H-pyrrole nitrogens is 1. The van der Waals surface area contributed by atoms with Crippen molar-refractivity contribution in [3.05, 3.63) is 30.0 Å². The molecule has 0 saturated heterocycles. The number of aromatic amines is 1. The van der Waals surface area contributed by atoms with E-state index < -0.39 is 0 Å². The fourth-order valence-corrected chi connectivity index (χ4v) is 2.47. The van der Waals surface area contributed by atoms with Gasteiger partial charge < -0.3 is 14.0 Å². The summed E-state index contributed by atoms with van der Waals surface area (Å²) in [4.78, 5) is 4.43. The van der Waals surface area contributed by atoms with Gasteiger partial charge in [-0.15, -0.1) is 0 Å². The molecule has 1 fully saturated rings. The third-order valence-electron chi connectivity index (χ3n) is 3.91. The third kappa shape index (κ3) is 2.54. The number of benzene rings is 1. The van der Waals surface area contributed by atoms with Gasteiger partial charge in [0.2, 0.25) is 5.82 Å². The summed E-state index contributed by atoms with van der Waals surface area (Å²) in [5, 5.41) is 11.3. The Balaban J connectivity index is 1.66. The maximum Gasteiger partial charge on any atom is 0.278 e. The number of nitrogens with one attached hydrogen (secondary N) is 1. The molecule has 7 nitrogen and oxygen atoms in total. The zero-order chi connectivity index (χ0) is 15.8. The van der Waals surface area contributed by atoms with Gasteiger partial charge in [-0.05, 0) is 31.0 Å². The van der Waals surface area contributed by atoms with E-state index in [4.69, 9.17) is 14.0 Å². The monoisotopic (exact) mass is 312 g/mol. The van der Waals surface area contributed by atoms with Crippen molar-refractivity contribution in [1.82, 2.24) is 20.3 Å². The van der Waals surface area contributed by atoms with Crippen LogP contribution in [0.25, 0.3) is 23.0 Å². The van der Waals surface area contributed by atoms with Crippen LogP contribution in [0.5, 0.6) is 11.5 Å². The minimum absolute atomic E-state index is 0.390. The number of rotatable bonds is 5. The highest BCUT2D eigenvalue weighted by Crippen LogP contribution is 2.40. The number of ether oxygens (including phenoxy) is 2. The fraction of sp³-hybridized carbons (Fsp3) is 0.312. The molecule has 23 heavy (non-hydrogen) atoms. The van der Waals surface area contributed by atoms with Gasteiger partial charge in [-0.3, -0.25) is 5.10 Å². The summed E-state index contributed by atoms with van der Waals surface area (Å²) in [6, 6.07) is 7.42. The second-order valence-corrected chi connectivity index (χ2v) is 5.47. The van der Waals surface area contributed by atoms with Gasteiger partial charge in [0.15, 0.2) is 5.69 Å². The summed E-state index contributed by atoms with van der Waals surface area (Å²) in [5.74, 6) is 2.77. The summed E-state index contributed by atoms with van der Waals surface area (Å²) in [5.41, 5.74) is 2.53. The minimum atomic E-state index is 0.390. The first-order valence-electron chi connectivity index (χ1n) is 7.40. The van der Waals surface area contributed by atoms with E-state index in [9.17, 15) is 0 Å². The van der Waals surface area contributed by atoms with Crippen molar-refractivity contribution in [2.75, 3.05) is 14.2 Å². The van der Waals surface area contributed by atoms with Crippen LogP contribution in [0.1, 0.15) is 24.5 Å². The molecule has 1 N–H and O–H groups in total. The molecule has 118 valence electrons. The minimum Gasteiger partial charge on any atom is -0.497 e. The van der Waals surface area contributed by atoms with Gasteiger partial charge in [0.05, 0.1) is 19.8 Å². The highest BCUT2D eigenvalue weighted by molar-refractivity contribution is 5.66. The zero-order valence-electron chi connectivity index (χ0n) is 12.9. The lowest BCUT2D eigenvalue weighted by Gasteiger charge is -2.07. The van der Waals surface area contributed by atoms with Gasteiger partial charge in [0.25, 0.3) is 5.89 Å². The number of hydrogen-bond acceptors (Lipinski definition) is 6. The lowest BCUT2D eigenvalue weighted by atomic mass is 10.2. The van der Waals surface area contributed by atoms with E-state index >= 15 is 0 Å². The largest absolute Gasteiger partial charge is 0.497 e. The molecule has 1 aliphatic carbocycles. The van der Waals surface area contributed by atoms with Gasteiger partial charge in [-0.2, -0.15) is 10.1 Å². The molecular formula is C16H16N4O3. The predicted molar refractivity (Wildman–Crippen MR) is 82.4 cm³/mol. The highest BCUT2D eigenvalue weighted by atomic mass is 16.5. The van der Waals surface area contributed by atoms with Crippen molar-refractivity contribution in [3.8, 4) is 34.5 Å². The molecule has 4 rings (SSSR count). The Morgan fingerprint density at radius 1 is 1.17 bits per heavy atom. The first-order valence-corrected chi connectivity index (χ1v) is 7.40. The molecule has 2 heterocycles. The van der Waals surface area contributed by atoms with E-state index in [1.54, 1.807) is 20.3 Å². The molecular weight excluding hydrogens is 296 g/mol. The van der Waals surface area contributed by atoms with E-state index in [2.05, 4.69) is 20.3 Å². The highest BCUT2D eigenvalue weighted by Gasteiger charge is 2.26. The van der Waals surface area contributed by atoms with Crippen molar-refractivity contribution >= 4 is 0 Å². The summed E-state index contributed by atoms with van der Waals surface area (Å²) in [6.45, 7) is 0. The van der Waals surface area contributed by atoms with Crippen molar-refractivity contribution in [1.29, 1.82) is 0 Å². The van der Waals surface area contributed by atoms with Gasteiger partial charge in [0.1, 0.15) is 11.5 Å². The van der Waals surface area contributed by atoms with Crippen LogP contribution in [0, 0.1) is 0 Å². The molecule has 1 saturated carbocycles. The van der Waals surface area contributed by atoms with Gasteiger partial charge in [0, 0.05) is 17.7 Å². The van der Waals surface area contributed by atoms with Crippen LogP contribution >= 0.6 is 0 Å². The molecule has 0 aliphatic heterocycles. The predicted octanol–water partition coefficient (Wildman–Crippen LogP) is 3.02. The van der Waals surface area contributed by atoms with Crippen LogP contribution in [0.4, 0.5) is 0 Å². The molecule has 1 aromatic carbocycles. The lowest BCUT2D eigenvalue weighted by molar-refractivity contribution is 0.394. The Kier molecular flexibility index (Phi) is 3.25. The molecule has 0 bridgehead atoms. The molecule has 0 unspecified atom stereocenters. The first kappa shape index (κ1) is 13.8. The second kappa shape index (κ2) is 5.42. The standard InChI is InChI=1S/C16H16N4O3/c1-21-10-5-6-11(14(7-10)22-2)15-17-16(23-20-15)13-8-12(18-19-13)9-3-4-9/h5-9H,3-4H2,1-2H3,(H,18,19). The fourth-order valence-electron chi connectivity index (χ4n) is 2.47. The Bertz CT molecular complexity index is 835. The first-order chi connectivity index (χ1) is 11.3. The number of nitrogens with zero attached hydrogens (tertiary/aromatic N) is 3. The quantitative estimate of drug-likeness (QED) is 0.779. The zero-order valence-corrected chi connectivity index (χ0v) is 12.9. The van der Waals surface area contributed by atoms with Crippen molar-refractivity contribution in [2.24, 2.45) is 0 Å². The van der Waals surface area contributed by atoms with Gasteiger partial charge in [-0.25, -0.2) is 0 Å². The van der Waals surface area contributed by atoms with E-state index in [0.29, 0.717) is 34.8 Å². The van der Waals surface area contributed by atoms with Crippen molar-refractivity contribution < 1.29 is 14.0 Å². The average Bonchev–Trinajstić information content (AvgIpc) is 3.13. The smallest absolute Gasteiger partial charge is 0.278 e. The maximum atomic E-state index is 5.38. The topological polar surface area (TPSA) is 86.1 Å². The summed E-state index contributed by atoms with van der Waals surface area (Å²) < 4.78 is 15.9. The Morgan fingerprint density at radius 2 is 2.04 bits per heavy atom. The maximum absolute atomic E-state index is 5.38. The number of hydrogen-bond donors (Lipinski definition) is 1. The summed E-state index contributed by atoms with van der Waals surface area (Å²) in [7, 11) is 3.20. The normalized spacial score (nSPS) is 14.0. The Hall–Kier alpha value is -2.83. The van der Waals surface area contributed by atoms with Gasteiger partial charge >= 0.3 is 0 Å². The average molecular weight is 312 g/mol. The van der Waals surface area contributed by atoms with E-state index in [0.717, 1.165) is 11.3 Å². The number of aromatic nitrogens is 4. The van der Waals surface area contributed by atoms with Crippen LogP contribution in [0.15, 0.2) is 28.8 Å². The molecule has 0 atom stereocenters. The van der Waals surface area contributed by atoms with Crippen molar-refractivity contribution in [3.63, 3.8) is 0 Å². The molecule has 0 radical (unpaired) electrons. The van der Waals surface area contributed by atoms with Crippen LogP contribution in [0.3, 0.4) is 0 Å². The third-order valence-corrected chi connectivity index (χ3v) is 3.91. The van der Waals surface area contributed by atoms with Crippen molar-refractivity contribution in [2.45, 2.75) is 18.8 Å². The van der Waals surface area contributed by atoms with E-state index in [-0.39, 0.29) is 0 Å². The van der Waals surface area contributed by atoms with Gasteiger partial charge in [-0.1, -0.05) is 5.16 Å². The Morgan fingerprint density at radius 3 is 2.78 bits per heavy atom. The lowest BCUT2D eigenvalue weighted by Crippen LogP contribution is -1.91. The molecule has 1 aliphatic rings. The van der Waals surface area contributed by atoms with Crippen LogP contribution in [0.2, 0.25) is 0 Å². The molecule has 3 aromatic rings. The SMILES string of the molecule is COc1ccc(-c2noc(-c3cc(C4CC4)[nH]n3)n2)c(OC)c1. The molecule has 7 heteroatoms. The second-order valence-electron chi connectivity index (χ2n) is 5.47. The van der Waals surface area contributed by atoms with Crippen LogP contribution in [-0.4, -0.2) is 34.6 Å². The molecule has 0 amide bonds. The van der Waals surface area contributed by atoms with Crippen LogP contribution < -0.4 is 9.47 Å². The molecule has 2 aromatic heterocycles. The molecule has 0 spiro atoms. The van der Waals surface area contributed by atoms with Crippen LogP contribution in [-0.2, 0) is 0 Å².